The van der Waals surface area contributed by atoms with Crippen LogP contribution in [-0.2, 0) is 13.1 Å². The molecule has 0 unspecified atom stereocenters. The number of pyridine rings is 2. The summed E-state index contributed by atoms with van der Waals surface area (Å²) in [6, 6.07) is 24.8. The Morgan fingerprint density at radius 3 is 1.63 bits per heavy atom. The van der Waals surface area contributed by atoms with Crippen LogP contribution < -0.4 is 38.1 Å². The van der Waals surface area contributed by atoms with Crippen molar-refractivity contribution in [2.45, 2.75) is 39.4 Å². The van der Waals surface area contributed by atoms with Crippen LogP contribution in [0.4, 0.5) is 5.69 Å². The zero-order chi connectivity index (χ0) is 37.3. The van der Waals surface area contributed by atoms with Gasteiger partial charge in [-0.25, -0.2) is 0 Å². The highest BCUT2D eigenvalue weighted by atomic mass is 16.5. The Hall–Kier alpha value is -5.68. The number of anilines is 1. The maximum absolute atomic E-state index is 5.58. The Bertz CT molecular complexity index is 1910. The largest absolute Gasteiger partial charge is 0.497 e. The van der Waals surface area contributed by atoms with Crippen LogP contribution in [0, 0.1) is 0 Å². The molecule has 0 aliphatic carbocycles. The SMILES string of the molecule is C.COc1ccc(N(Cc2ccc(-c3cc(OC)c(OC)c(OC)c3)nc2)C2CCN(Cc3ccnc(-c4cc(OC)c(OC)c(OC)c4)c3)CC2)cc1. The average Bonchev–Trinajstić information content (AvgIpc) is 3.22. The van der Waals surface area contributed by atoms with Crippen molar-refractivity contribution in [2.24, 2.45) is 0 Å². The fourth-order valence-corrected chi connectivity index (χ4v) is 6.93. The van der Waals surface area contributed by atoms with Gasteiger partial charge in [0.25, 0.3) is 0 Å². The van der Waals surface area contributed by atoms with Crippen molar-refractivity contribution < 1.29 is 33.2 Å². The molecule has 6 rings (SSSR count). The molecule has 2 aromatic heterocycles. The minimum absolute atomic E-state index is 0. The molecule has 3 heterocycles. The number of aromatic nitrogens is 2. The molecule has 1 fully saturated rings. The Morgan fingerprint density at radius 1 is 0.593 bits per heavy atom. The van der Waals surface area contributed by atoms with Crippen molar-refractivity contribution in [3.8, 4) is 62.8 Å². The Morgan fingerprint density at radius 2 is 1.15 bits per heavy atom. The van der Waals surface area contributed by atoms with Crippen molar-refractivity contribution >= 4 is 5.69 Å². The summed E-state index contributed by atoms with van der Waals surface area (Å²) in [4.78, 5) is 14.5. The molecule has 11 heteroatoms. The highest BCUT2D eigenvalue weighted by molar-refractivity contribution is 5.70. The van der Waals surface area contributed by atoms with Crippen molar-refractivity contribution in [1.82, 2.24) is 14.9 Å². The molecule has 11 nitrogen and oxygen atoms in total. The van der Waals surface area contributed by atoms with Crippen LogP contribution in [0.1, 0.15) is 31.4 Å². The van der Waals surface area contributed by atoms with E-state index >= 15 is 0 Å². The van der Waals surface area contributed by atoms with Gasteiger partial charge in [-0.05, 0) is 90.7 Å². The van der Waals surface area contributed by atoms with E-state index in [9.17, 15) is 0 Å². The number of likely N-dealkylation sites (tertiary alicyclic amines) is 1. The van der Waals surface area contributed by atoms with Crippen molar-refractivity contribution in [1.29, 1.82) is 0 Å². The second kappa shape index (κ2) is 18.4. The van der Waals surface area contributed by atoms with Crippen LogP contribution >= 0.6 is 0 Å². The predicted octanol–water partition coefficient (Wildman–Crippen LogP) is 8.18. The van der Waals surface area contributed by atoms with Gasteiger partial charge < -0.3 is 38.1 Å². The third-order valence-corrected chi connectivity index (χ3v) is 9.73. The first kappa shape index (κ1) is 39.5. The van der Waals surface area contributed by atoms with Gasteiger partial charge in [0, 0.05) is 61.4 Å². The van der Waals surface area contributed by atoms with Crippen LogP contribution in [0.5, 0.6) is 40.2 Å². The number of hydrogen-bond acceptors (Lipinski definition) is 11. The van der Waals surface area contributed by atoms with Gasteiger partial charge in [0.05, 0.1) is 61.2 Å². The number of piperidine rings is 1. The Balaban J connectivity index is 0.00000561. The molecule has 0 amide bonds. The lowest BCUT2D eigenvalue weighted by Crippen LogP contribution is -2.44. The van der Waals surface area contributed by atoms with Crippen LogP contribution in [0.3, 0.4) is 0 Å². The molecule has 0 saturated carbocycles. The minimum atomic E-state index is 0. The van der Waals surface area contributed by atoms with Crippen molar-refractivity contribution in [3.63, 3.8) is 0 Å². The first-order valence-corrected chi connectivity index (χ1v) is 17.6. The lowest BCUT2D eigenvalue weighted by atomic mass is 10.00. The molecule has 1 aliphatic heterocycles. The molecular formula is C43H52N4O7. The predicted molar refractivity (Wildman–Crippen MR) is 213 cm³/mol. The molecule has 1 aliphatic rings. The van der Waals surface area contributed by atoms with Crippen LogP contribution in [-0.4, -0.2) is 83.8 Å². The smallest absolute Gasteiger partial charge is 0.203 e. The van der Waals surface area contributed by atoms with Gasteiger partial charge in [0.1, 0.15) is 5.75 Å². The van der Waals surface area contributed by atoms with Crippen LogP contribution in [0.15, 0.2) is 85.2 Å². The normalized spacial score (nSPS) is 13.0. The van der Waals surface area contributed by atoms with Gasteiger partial charge in [-0.2, -0.15) is 0 Å². The number of methoxy groups -OCH3 is 7. The maximum atomic E-state index is 5.58. The number of nitrogens with zero attached hydrogens (tertiary/aromatic N) is 4. The summed E-state index contributed by atoms with van der Waals surface area (Å²) < 4.78 is 38.8. The lowest BCUT2D eigenvalue weighted by Gasteiger charge is -2.40. The topological polar surface area (TPSA) is 96.9 Å². The van der Waals surface area contributed by atoms with E-state index in [-0.39, 0.29) is 7.43 Å². The second-order valence-electron chi connectivity index (χ2n) is 12.8. The fourth-order valence-electron chi connectivity index (χ4n) is 6.93. The summed E-state index contributed by atoms with van der Waals surface area (Å²) in [5.41, 5.74) is 6.94. The third-order valence-electron chi connectivity index (χ3n) is 9.73. The van der Waals surface area contributed by atoms with Gasteiger partial charge in [0.15, 0.2) is 23.0 Å². The summed E-state index contributed by atoms with van der Waals surface area (Å²) in [5, 5.41) is 0. The van der Waals surface area contributed by atoms with Crippen LogP contribution in [0.2, 0.25) is 0 Å². The molecular weight excluding hydrogens is 684 g/mol. The van der Waals surface area contributed by atoms with Gasteiger partial charge in [-0.15, -0.1) is 0 Å². The van der Waals surface area contributed by atoms with Crippen LogP contribution in [0.25, 0.3) is 22.5 Å². The molecule has 0 spiro atoms. The second-order valence-corrected chi connectivity index (χ2v) is 12.8. The van der Waals surface area contributed by atoms with Crippen molar-refractivity contribution in [3.05, 3.63) is 96.3 Å². The van der Waals surface area contributed by atoms with E-state index in [4.69, 9.17) is 38.1 Å². The van der Waals surface area contributed by atoms with E-state index in [0.29, 0.717) is 40.5 Å². The summed E-state index contributed by atoms with van der Waals surface area (Å²) >= 11 is 0. The highest BCUT2D eigenvalue weighted by Gasteiger charge is 2.26. The number of hydrogen-bond donors (Lipinski definition) is 0. The average molecular weight is 737 g/mol. The minimum Gasteiger partial charge on any atom is -0.497 e. The van der Waals surface area contributed by atoms with Gasteiger partial charge in [-0.1, -0.05) is 13.5 Å². The summed E-state index contributed by atoms with van der Waals surface area (Å²) in [6.07, 6.45) is 5.87. The number of benzene rings is 3. The monoisotopic (exact) mass is 736 g/mol. The van der Waals surface area contributed by atoms with E-state index in [1.165, 1.54) is 5.56 Å². The molecule has 0 radical (unpaired) electrons. The Kier molecular flexibility index (Phi) is 13.5. The molecule has 5 aromatic rings. The quantitative estimate of drug-likeness (QED) is 0.104. The molecule has 3 aromatic carbocycles. The number of rotatable bonds is 15. The van der Waals surface area contributed by atoms with E-state index in [0.717, 1.165) is 78.5 Å². The summed E-state index contributed by atoms with van der Waals surface area (Å²) in [7, 11) is 11.4. The van der Waals surface area contributed by atoms with Gasteiger partial charge >= 0.3 is 0 Å². The van der Waals surface area contributed by atoms with Crippen molar-refractivity contribution in [2.75, 3.05) is 67.8 Å². The standard InChI is InChI=1S/C42H48N4O7.CH4/c1-47-34-11-9-32(10-12-34)46(27-29-8-13-35(44-25-29)30-21-37(48-2)41(52-6)38(22-30)49-3)33-15-18-45(19-16-33)26-28-14-17-43-36(20-28)31-23-39(50-4)42(53-7)40(24-31)51-5;/h8-14,17,20-25,33H,15-16,18-19,26-27H2,1-7H3;1H4. The highest BCUT2D eigenvalue weighted by Crippen LogP contribution is 2.42. The molecule has 0 bridgehead atoms. The number of ether oxygens (including phenoxy) is 7. The maximum Gasteiger partial charge on any atom is 0.203 e. The van der Waals surface area contributed by atoms with E-state index in [1.54, 1.807) is 49.8 Å². The van der Waals surface area contributed by atoms with Gasteiger partial charge in [-0.3, -0.25) is 14.9 Å². The zero-order valence-electron chi connectivity index (χ0n) is 31.5. The Labute approximate surface area is 319 Å². The molecule has 0 N–H and O–H groups in total. The molecule has 1 saturated heterocycles. The molecule has 54 heavy (non-hydrogen) atoms. The third kappa shape index (κ3) is 8.74. The fraction of sp³-hybridized carbons (Fsp3) is 0.349. The van der Waals surface area contributed by atoms with E-state index < -0.39 is 0 Å². The summed E-state index contributed by atoms with van der Waals surface area (Å²) in [5.74, 6) is 4.33. The summed E-state index contributed by atoms with van der Waals surface area (Å²) in [6.45, 7) is 3.50. The van der Waals surface area contributed by atoms with E-state index in [2.05, 4.69) is 45.1 Å². The first-order valence-electron chi connectivity index (χ1n) is 17.6. The van der Waals surface area contributed by atoms with Gasteiger partial charge in [0.2, 0.25) is 11.5 Å². The molecule has 0 atom stereocenters. The zero-order valence-corrected chi connectivity index (χ0v) is 31.5. The van der Waals surface area contributed by atoms with E-state index in [1.807, 2.05) is 54.9 Å². The lowest BCUT2D eigenvalue weighted by molar-refractivity contribution is 0.201. The molecule has 286 valence electrons. The first-order chi connectivity index (χ1) is 25.9.